The van der Waals surface area contributed by atoms with E-state index in [0.717, 1.165) is 5.56 Å². The van der Waals surface area contributed by atoms with Crippen LogP contribution < -0.4 is 5.32 Å². The Morgan fingerprint density at radius 1 is 1.35 bits per heavy atom. The Morgan fingerprint density at radius 2 is 2.17 bits per heavy atom. The van der Waals surface area contributed by atoms with Crippen LogP contribution in [0.25, 0.3) is 11.0 Å². The van der Waals surface area contributed by atoms with E-state index in [1.807, 2.05) is 25.1 Å². The molecule has 118 valence electrons. The number of aromatic nitrogens is 2. The Labute approximate surface area is 132 Å². The molecule has 1 heterocycles. The number of aromatic amines is 1. The summed E-state index contributed by atoms with van der Waals surface area (Å²) in [6.45, 7) is 2.89. The summed E-state index contributed by atoms with van der Waals surface area (Å²) in [5.74, 6) is -0.903. The number of hydrogen-bond acceptors (Lipinski definition) is 3. The van der Waals surface area contributed by atoms with Gasteiger partial charge in [0.2, 0.25) is 0 Å². The van der Waals surface area contributed by atoms with Crippen molar-refractivity contribution in [1.82, 2.24) is 9.97 Å². The molecule has 0 saturated carbocycles. The van der Waals surface area contributed by atoms with Crippen molar-refractivity contribution in [1.29, 1.82) is 0 Å². The Balaban J connectivity index is 1.91. The number of carbonyl (C=O) groups is 1. The van der Waals surface area contributed by atoms with Crippen molar-refractivity contribution in [2.75, 3.05) is 11.9 Å². The fourth-order valence-electron chi connectivity index (χ4n) is 2.36. The third-order valence-corrected chi connectivity index (χ3v) is 3.46. The smallest absolute Gasteiger partial charge is 0.258 e. The maximum absolute atomic E-state index is 13.7. The molecule has 0 fully saturated rings. The number of fused-ring (bicyclic) bond motifs is 1. The highest BCUT2D eigenvalue weighted by Gasteiger charge is 2.15. The predicted octanol–water partition coefficient (Wildman–Crippen LogP) is 3.49. The van der Waals surface area contributed by atoms with E-state index in [-0.39, 0.29) is 5.56 Å². The summed E-state index contributed by atoms with van der Waals surface area (Å²) >= 11 is 0. The number of rotatable bonds is 5. The van der Waals surface area contributed by atoms with Crippen LogP contribution in [0.1, 0.15) is 22.8 Å². The van der Waals surface area contributed by atoms with Crippen LogP contribution in [-0.4, -0.2) is 22.5 Å². The molecule has 0 aliphatic rings. The van der Waals surface area contributed by atoms with Crippen molar-refractivity contribution >= 4 is 22.6 Å². The van der Waals surface area contributed by atoms with Gasteiger partial charge in [0, 0.05) is 17.9 Å². The Kier molecular flexibility index (Phi) is 4.34. The first-order valence-corrected chi connectivity index (χ1v) is 7.28. The SMILES string of the molecule is CCOCc1ccccc1NC(=O)c1cc(F)cc2[nH]cnc12. The zero-order valence-electron chi connectivity index (χ0n) is 12.6. The molecular formula is C17H16FN3O2. The number of anilines is 1. The van der Waals surface area contributed by atoms with E-state index in [4.69, 9.17) is 4.74 Å². The monoisotopic (exact) mass is 313 g/mol. The summed E-state index contributed by atoms with van der Waals surface area (Å²) in [4.78, 5) is 19.4. The first-order chi connectivity index (χ1) is 11.2. The second kappa shape index (κ2) is 6.58. The molecule has 0 bridgehead atoms. The molecule has 0 radical (unpaired) electrons. The fourth-order valence-corrected chi connectivity index (χ4v) is 2.36. The van der Waals surface area contributed by atoms with Gasteiger partial charge in [0.25, 0.3) is 5.91 Å². The number of benzene rings is 2. The van der Waals surface area contributed by atoms with Crippen molar-refractivity contribution in [2.45, 2.75) is 13.5 Å². The minimum absolute atomic E-state index is 0.187. The van der Waals surface area contributed by atoms with Crippen LogP contribution in [0.3, 0.4) is 0 Å². The number of imidazole rings is 1. The lowest BCUT2D eigenvalue weighted by Crippen LogP contribution is -2.14. The zero-order valence-corrected chi connectivity index (χ0v) is 12.6. The van der Waals surface area contributed by atoms with Gasteiger partial charge in [-0.3, -0.25) is 4.79 Å². The van der Waals surface area contributed by atoms with Crippen LogP contribution in [0.2, 0.25) is 0 Å². The fraction of sp³-hybridized carbons (Fsp3) is 0.176. The standard InChI is InChI=1S/C17H16FN3O2/c1-2-23-9-11-5-3-4-6-14(11)21-17(22)13-7-12(18)8-15-16(13)20-10-19-15/h3-8,10H,2,9H2,1H3,(H,19,20)(H,21,22). The second-order valence-electron chi connectivity index (χ2n) is 5.00. The molecule has 6 heteroatoms. The number of H-pyrrole nitrogens is 1. The van der Waals surface area contributed by atoms with E-state index in [9.17, 15) is 9.18 Å². The summed E-state index contributed by atoms with van der Waals surface area (Å²) in [5, 5.41) is 2.81. The maximum Gasteiger partial charge on any atom is 0.258 e. The van der Waals surface area contributed by atoms with Crippen molar-refractivity contribution in [3.63, 3.8) is 0 Å². The van der Waals surface area contributed by atoms with Crippen LogP contribution in [0.4, 0.5) is 10.1 Å². The van der Waals surface area contributed by atoms with Crippen molar-refractivity contribution in [2.24, 2.45) is 0 Å². The Hall–Kier alpha value is -2.73. The number of ether oxygens (including phenoxy) is 1. The Morgan fingerprint density at radius 3 is 3.00 bits per heavy atom. The molecule has 2 N–H and O–H groups in total. The predicted molar refractivity (Wildman–Crippen MR) is 85.8 cm³/mol. The summed E-state index contributed by atoms with van der Waals surface area (Å²) < 4.78 is 19.1. The summed E-state index contributed by atoms with van der Waals surface area (Å²) in [6, 6.07) is 9.85. The normalized spacial score (nSPS) is 10.9. The van der Waals surface area contributed by atoms with Gasteiger partial charge in [0.15, 0.2) is 0 Å². The topological polar surface area (TPSA) is 67.0 Å². The number of nitrogens with zero attached hydrogens (tertiary/aromatic N) is 1. The zero-order chi connectivity index (χ0) is 16.2. The number of carbonyl (C=O) groups excluding carboxylic acids is 1. The molecular weight excluding hydrogens is 297 g/mol. The largest absolute Gasteiger partial charge is 0.377 e. The van der Waals surface area contributed by atoms with Gasteiger partial charge >= 0.3 is 0 Å². The highest BCUT2D eigenvalue weighted by Crippen LogP contribution is 2.21. The van der Waals surface area contributed by atoms with E-state index in [1.165, 1.54) is 18.5 Å². The summed E-state index contributed by atoms with van der Waals surface area (Å²) in [7, 11) is 0. The molecule has 0 aliphatic heterocycles. The van der Waals surface area contributed by atoms with Gasteiger partial charge in [-0.05, 0) is 25.1 Å². The van der Waals surface area contributed by atoms with Gasteiger partial charge in [-0.25, -0.2) is 9.37 Å². The molecule has 3 aromatic rings. The first-order valence-electron chi connectivity index (χ1n) is 7.28. The van der Waals surface area contributed by atoms with E-state index >= 15 is 0 Å². The van der Waals surface area contributed by atoms with Crippen LogP contribution in [0.15, 0.2) is 42.7 Å². The molecule has 1 aromatic heterocycles. The molecule has 0 saturated heterocycles. The lowest BCUT2D eigenvalue weighted by atomic mass is 10.1. The Bertz CT molecular complexity index is 845. The van der Waals surface area contributed by atoms with Crippen molar-refractivity contribution in [3.8, 4) is 0 Å². The van der Waals surface area contributed by atoms with Gasteiger partial charge in [-0.15, -0.1) is 0 Å². The van der Waals surface area contributed by atoms with Crippen LogP contribution in [0, 0.1) is 5.82 Å². The molecule has 0 aliphatic carbocycles. The first kappa shape index (κ1) is 15.2. The van der Waals surface area contributed by atoms with Gasteiger partial charge in [0.05, 0.1) is 24.0 Å². The molecule has 0 atom stereocenters. The van der Waals surface area contributed by atoms with Crippen LogP contribution in [0.5, 0.6) is 0 Å². The number of amides is 1. The minimum Gasteiger partial charge on any atom is -0.377 e. The molecule has 3 rings (SSSR count). The quantitative estimate of drug-likeness (QED) is 0.757. The van der Waals surface area contributed by atoms with Crippen LogP contribution in [-0.2, 0) is 11.3 Å². The van der Waals surface area contributed by atoms with E-state index < -0.39 is 11.7 Å². The van der Waals surface area contributed by atoms with Gasteiger partial charge in [0.1, 0.15) is 11.3 Å². The number of halogens is 1. The molecule has 1 amide bonds. The molecule has 5 nitrogen and oxygen atoms in total. The molecule has 23 heavy (non-hydrogen) atoms. The van der Waals surface area contributed by atoms with E-state index in [2.05, 4.69) is 15.3 Å². The molecule has 0 unspecified atom stereocenters. The molecule has 2 aromatic carbocycles. The van der Waals surface area contributed by atoms with E-state index in [1.54, 1.807) is 6.07 Å². The van der Waals surface area contributed by atoms with Gasteiger partial charge in [-0.2, -0.15) is 0 Å². The van der Waals surface area contributed by atoms with Crippen molar-refractivity contribution < 1.29 is 13.9 Å². The average Bonchev–Trinajstić information content (AvgIpc) is 3.01. The summed E-state index contributed by atoms with van der Waals surface area (Å²) in [5.41, 5.74) is 2.60. The van der Waals surface area contributed by atoms with E-state index in [0.29, 0.717) is 29.9 Å². The highest BCUT2D eigenvalue weighted by atomic mass is 19.1. The lowest BCUT2D eigenvalue weighted by Gasteiger charge is -2.11. The molecule has 0 spiro atoms. The van der Waals surface area contributed by atoms with Gasteiger partial charge in [-0.1, -0.05) is 18.2 Å². The third kappa shape index (κ3) is 3.22. The van der Waals surface area contributed by atoms with Crippen LogP contribution >= 0.6 is 0 Å². The summed E-state index contributed by atoms with van der Waals surface area (Å²) in [6.07, 6.45) is 1.43. The third-order valence-electron chi connectivity index (χ3n) is 3.46. The highest BCUT2D eigenvalue weighted by molar-refractivity contribution is 6.11. The second-order valence-corrected chi connectivity index (χ2v) is 5.00. The van der Waals surface area contributed by atoms with Crippen molar-refractivity contribution in [3.05, 3.63) is 59.7 Å². The number of nitrogens with one attached hydrogen (secondary N) is 2. The maximum atomic E-state index is 13.7. The number of para-hydroxylation sites is 1. The van der Waals surface area contributed by atoms with Gasteiger partial charge < -0.3 is 15.0 Å². The number of hydrogen-bond donors (Lipinski definition) is 2. The average molecular weight is 313 g/mol. The minimum atomic E-state index is -0.491. The lowest BCUT2D eigenvalue weighted by molar-refractivity contribution is 0.102.